The molecule has 3 fully saturated rings. The van der Waals surface area contributed by atoms with Crippen molar-refractivity contribution in [3.8, 4) is 0 Å². The highest BCUT2D eigenvalue weighted by Crippen LogP contribution is 2.66. The van der Waals surface area contributed by atoms with Gasteiger partial charge in [0, 0.05) is 0 Å². The number of rotatable bonds is 3. The molecule has 5 heteroatoms. The quantitative estimate of drug-likeness (QED) is 0.726. The Balaban J connectivity index is 1.71. The largest absolute Gasteiger partial charge is 0.391 e. The molecule has 5 nitrogen and oxygen atoms in total. The van der Waals surface area contributed by atoms with E-state index in [1.54, 1.807) is 6.92 Å². The molecule has 2 aliphatic carbocycles. The summed E-state index contributed by atoms with van der Waals surface area (Å²) in [5.41, 5.74) is 0.304. The van der Waals surface area contributed by atoms with E-state index < -0.39 is 30.7 Å². The first-order chi connectivity index (χ1) is 9.68. The number of ether oxygens (including phenoxy) is 2. The summed E-state index contributed by atoms with van der Waals surface area (Å²) < 4.78 is 11.6. The van der Waals surface area contributed by atoms with Gasteiger partial charge in [-0.05, 0) is 42.9 Å². The topological polar surface area (TPSA) is 79.2 Å². The smallest absolute Gasteiger partial charge is 0.187 e. The lowest BCUT2D eigenvalue weighted by molar-refractivity contribution is -0.221. The zero-order chi connectivity index (χ0) is 15.6. The van der Waals surface area contributed by atoms with Crippen LogP contribution in [0.5, 0.6) is 0 Å². The van der Waals surface area contributed by atoms with Gasteiger partial charge in [-0.3, -0.25) is 0 Å². The highest BCUT2D eigenvalue weighted by Gasteiger charge is 2.63. The molecule has 2 bridgehead atoms. The van der Waals surface area contributed by atoms with E-state index in [1.165, 1.54) is 6.42 Å². The van der Waals surface area contributed by atoms with Gasteiger partial charge in [-0.15, -0.1) is 0 Å². The average Bonchev–Trinajstić information content (AvgIpc) is 2.87. The van der Waals surface area contributed by atoms with E-state index in [9.17, 15) is 15.3 Å². The van der Waals surface area contributed by atoms with Crippen molar-refractivity contribution in [3.63, 3.8) is 0 Å². The first kappa shape index (κ1) is 15.7. The Morgan fingerprint density at radius 2 is 1.86 bits per heavy atom. The van der Waals surface area contributed by atoms with Gasteiger partial charge in [0.1, 0.15) is 18.3 Å². The molecular formula is C16H28O5. The third-order valence-corrected chi connectivity index (χ3v) is 6.74. The van der Waals surface area contributed by atoms with Gasteiger partial charge in [0.15, 0.2) is 6.29 Å². The lowest BCUT2D eigenvalue weighted by atomic mass is 9.70. The first-order valence-corrected chi connectivity index (χ1v) is 8.03. The van der Waals surface area contributed by atoms with Gasteiger partial charge in [-0.2, -0.15) is 0 Å². The van der Waals surface area contributed by atoms with Crippen LogP contribution in [0.1, 0.15) is 47.0 Å². The molecule has 21 heavy (non-hydrogen) atoms. The summed E-state index contributed by atoms with van der Waals surface area (Å²) in [6.45, 7) is 8.40. The van der Waals surface area contributed by atoms with Crippen molar-refractivity contribution < 1.29 is 24.8 Å². The highest BCUT2D eigenvalue weighted by molar-refractivity contribution is 5.11. The van der Waals surface area contributed by atoms with Crippen molar-refractivity contribution in [2.45, 2.75) is 83.8 Å². The van der Waals surface area contributed by atoms with E-state index in [1.807, 2.05) is 0 Å². The van der Waals surface area contributed by atoms with Gasteiger partial charge in [0.05, 0.1) is 12.2 Å². The summed E-state index contributed by atoms with van der Waals surface area (Å²) in [6.07, 6.45) is -1.31. The Bertz CT molecular complexity index is 409. The molecule has 1 aliphatic heterocycles. The maximum Gasteiger partial charge on any atom is 0.187 e. The van der Waals surface area contributed by atoms with Crippen LogP contribution in [-0.2, 0) is 9.47 Å². The van der Waals surface area contributed by atoms with E-state index in [0.717, 1.165) is 12.8 Å². The van der Waals surface area contributed by atoms with Crippen molar-refractivity contribution in [2.24, 2.45) is 16.7 Å². The number of aliphatic hydroxyl groups excluding tert-OH is 3. The number of hydrogen-bond acceptors (Lipinski definition) is 5. The van der Waals surface area contributed by atoms with E-state index >= 15 is 0 Å². The molecule has 0 radical (unpaired) electrons. The van der Waals surface area contributed by atoms with Crippen molar-refractivity contribution in [1.82, 2.24) is 0 Å². The fourth-order valence-corrected chi connectivity index (χ4v) is 4.68. The van der Waals surface area contributed by atoms with Crippen molar-refractivity contribution in [1.29, 1.82) is 0 Å². The van der Waals surface area contributed by atoms with Gasteiger partial charge >= 0.3 is 0 Å². The highest BCUT2D eigenvalue weighted by atomic mass is 16.7. The first-order valence-electron chi connectivity index (χ1n) is 8.03. The van der Waals surface area contributed by atoms with Gasteiger partial charge in [-0.25, -0.2) is 0 Å². The number of aliphatic hydroxyl groups is 3. The number of hydrogen-bond donors (Lipinski definition) is 3. The summed E-state index contributed by atoms with van der Waals surface area (Å²) in [5, 5.41) is 29.7. The summed E-state index contributed by atoms with van der Waals surface area (Å²) in [5.74, 6) is 0.642. The molecule has 0 aromatic rings. The van der Waals surface area contributed by atoms with E-state index in [0.29, 0.717) is 5.92 Å². The van der Waals surface area contributed by atoms with Crippen LogP contribution in [0.3, 0.4) is 0 Å². The molecule has 0 aromatic heterocycles. The Labute approximate surface area is 126 Å². The predicted octanol–water partition coefficient (Wildman–Crippen LogP) is 1.05. The Morgan fingerprint density at radius 1 is 1.19 bits per heavy atom. The van der Waals surface area contributed by atoms with Crippen molar-refractivity contribution in [2.75, 3.05) is 0 Å². The monoisotopic (exact) mass is 300 g/mol. The maximum absolute atomic E-state index is 10.1. The minimum absolute atomic E-state index is 0.0332. The second-order valence-electron chi connectivity index (χ2n) is 7.93. The molecule has 2 saturated carbocycles. The molecular weight excluding hydrogens is 272 g/mol. The summed E-state index contributed by atoms with van der Waals surface area (Å²) in [4.78, 5) is 0. The Hall–Kier alpha value is -0.200. The molecule has 0 unspecified atom stereocenters. The summed E-state index contributed by atoms with van der Waals surface area (Å²) in [6, 6.07) is 0. The second-order valence-corrected chi connectivity index (χ2v) is 7.93. The fraction of sp³-hybridized carbons (Fsp3) is 1.00. The predicted molar refractivity (Wildman–Crippen MR) is 76.5 cm³/mol. The minimum atomic E-state index is -1.10. The normalized spacial score (nSPS) is 53.3. The molecule has 8 atom stereocenters. The molecule has 0 spiro atoms. The van der Waals surface area contributed by atoms with Crippen LogP contribution in [0.25, 0.3) is 0 Å². The van der Waals surface area contributed by atoms with E-state index in [2.05, 4.69) is 20.8 Å². The zero-order valence-corrected chi connectivity index (χ0v) is 13.3. The van der Waals surface area contributed by atoms with E-state index in [4.69, 9.17) is 9.47 Å². The van der Waals surface area contributed by atoms with Crippen LogP contribution < -0.4 is 0 Å². The van der Waals surface area contributed by atoms with Crippen molar-refractivity contribution in [3.05, 3.63) is 0 Å². The minimum Gasteiger partial charge on any atom is -0.391 e. The van der Waals surface area contributed by atoms with E-state index in [-0.39, 0.29) is 16.9 Å². The molecule has 0 aromatic carbocycles. The Morgan fingerprint density at radius 3 is 2.29 bits per heavy atom. The molecule has 1 saturated heterocycles. The van der Waals surface area contributed by atoms with Crippen LogP contribution in [-0.4, -0.2) is 52.1 Å². The molecule has 1 heterocycles. The van der Waals surface area contributed by atoms with Gasteiger partial charge in [-0.1, -0.05) is 20.8 Å². The molecule has 3 rings (SSSR count). The molecule has 122 valence electrons. The molecule has 3 aliphatic rings. The van der Waals surface area contributed by atoms with Crippen LogP contribution in [0.4, 0.5) is 0 Å². The number of fused-ring (bicyclic) bond motifs is 2. The molecule has 3 N–H and O–H groups in total. The average molecular weight is 300 g/mol. The Kier molecular flexibility index (Phi) is 3.66. The lowest BCUT2D eigenvalue weighted by Crippen LogP contribution is -2.42. The van der Waals surface area contributed by atoms with Crippen molar-refractivity contribution >= 4 is 0 Å². The fourth-order valence-electron chi connectivity index (χ4n) is 4.68. The summed E-state index contributed by atoms with van der Waals surface area (Å²) in [7, 11) is 0. The lowest BCUT2D eigenvalue weighted by Gasteiger charge is -2.40. The second kappa shape index (κ2) is 4.90. The third-order valence-electron chi connectivity index (χ3n) is 6.74. The third kappa shape index (κ3) is 2.09. The maximum atomic E-state index is 10.1. The zero-order valence-electron chi connectivity index (χ0n) is 13.3. The van der Waals surface area contributed by atoms with Gasteiger partial charge < -0.3 is 24.8 Å². The van der Waals surface area contributed by atoms with Crippen LogP contribution in [0, 0.1) is 16.7 Å². The van der Waals surface area contributed by atoms with Crippen LogP contribution in [0.15, 0.2) is 0 Å². The SMILES string of the molecule is C[C@@H](O)[C@@H]1O[C@@H](O[C@@H]2C[C@@H]3CC[C@@]2(C)C3(C)C)[C@H](O)[C@H]1O. The van der Waals surface area contributed by atoms with Crippen LogP contribution in [0.2, 0.25) is 0 Å². The summed E-state index contributed by atoms with van der Waals surface area (Å²) >= 11 is 0. The van der Waals surface area contributed by atoms with Gasteiger partial charge in [0.2, 0.25) is 0 Å². The molecule has 0 amide bonds. The van der Waals surface area contributed by atoms with Gasteiger partial charge in [0.25, 0.3) is 0 Å². The standard InChI is InChI=1S/C16H28O5/c1-8(17)13-11(18)12(19)14(21-13)20-10-7-9-5-6-16(10,4)15(9,2)3/h8-14,17-19H,5-7H2,1-4H3/t8-,9+,10-,11-,12-,13+,14-,16-/m1/s1. The van der Waals surface area contributed by atoms with Crippen LogP contribution >= 0.6 is 0 Å².